The van der Waals surface area contributed by atoms with E-state index in [2.05, 4.69) is 88.3 Å². The van der Waals surface area contributed by atoms with Crippen LogP contribution in [0.25, 0.3) is 0 Å². The predicted molar refractivity (Wildman–Crippen MR) is 115 cm³/mol. The number of hydrogen-bond acceptors (Lipinski definition) is 2. The van der Waals surface area contributed by atoms with Gasteiger partial charge in [-0.2, -0.15) is 9.13 Å². The van der Waals surface area contributed by atoms with Crippen LogP contribution in [0, 0.1) is 0 Å². The molecule has 4 heteroatoms. The molecule has 0 amide bonds. The Labute approximate surface area is 175 Å². The molecular weight excluding hydrogens is 368 g/mol. The van der Waals surface area contributed by atoms with Crippen LogP contribution in [-0.2, 0) is 0 Å². The molecule has 4 N–H and O–H groups in total. The van der Waals surface area contributed by atoms with Crippen molar-refractivity contribution in [3.8, 4) is 0 Å². The number of hydrogen-bond donors (Lipinski definition) is 2. The van der Waals surface area contributed by atoms with Crippen LogP contribution in [-0.4, -0.2) is 0 Å². The molecule has 5 aliphatic heterocycles. The summed E-state index contributed by atoms with van der Waals surface area (Å²) in [5.41, 5.74) is 22.4. The normalized spacial score (nSPS) is 24.3. The van der Waals surface area contributed by atoms with Gasteiger partial charge >= 0.3 is 0 Å². The first-order chi connectivity index (χ1) is 14.7. The molecule has 2 aromatic heterocycles. The van der Waals surface area contributed by atoms with E-state index in [1.807, 2.05) is 6.07 Å². The van der Waals surface area contributed by atoms with Crippen LogP contribution in [0.15, 0.2) is 85.2 Å². The maximum Gasteiger partial charge on any atom is 0.249 e. The van der Waals surface area contributed by atoms with Crippen molar-refractivity contribution in [2.75, 3.05) is 11.5 Å². The molecule has 0 saturated heterocycles. The second-order valence-corrected chi connectivity index (χ2v) is 8.69. The van der Waals surface area contributed by atoms with Gasteiger partial charge in [0, 0.05) is 46.8 Å². The van der Waals surface area contributed by atoms with Crippen LogP contribution in [0.2, 0.25) is 0 Å². The summed E-state index contributed by atoms with van der Waals surface area (Å²) in [6.45, 7) is 0. The number of nitrogens with two attached hydrogens (primary N) is 2. The lowest BCUT2D eigenvalue weighted by Crippen LogP contribution is -2.63. The standard InChI is InChI=1S/C26H22N4/c27-15-8-10-18-19(13-15)24-22-6-2-3-11-29(22)25(18)26-20-14-16(28)7-9-17(20)23(24)21-5-1-4-12-30(21)26/h1-14,23-26H,27-28H2/q+2/t23-,24-,25-,26-/m0/s1. The summed E-state index contributed by atoms with van der Waals surface area (Å²) in [6, 6.07) is 26.4. The predicted octanol–water partition coefficient (Wildman–Crippen LogP) is 3.21. The number of aromatic nitrogens is 2. The van der Waals surface area contributed by atoms with E-state index in [1.54, 1.807) is 0 Å². The first-order valence-electron chi connectivity index (χ1n) is 10.5. The number of nitrogens with zero attached hydrogens (tertiary/aromatic N) is 2. The summed E-state index contributed by atoms with van der Waals surface area (Å²) < 4.78 is 4.96. The third-order valence-corrected chi connectivity index (χ3v) is 7.24. The Morgan fingerprint density at radius 1 is 0.533 bits per heavy atom. The molecule has 1 aliphatic carbocycles. The fraction of sp³-hybridized carbons (Fsp3) is 0.154. The van der Waals surface area contributed by atoms with Gasteiger partial charge in [-0.15, -0.1) is 0 Å². The van der Waals surface area contributed by atoms with Crippen LogP contribution >= 0.6 is 0 Å². The van der Waals surface area contributed by atoms with Gasteiger partial charge in [0.05, 0.1) is 11.8 Å². The Kier molecular flexibility index (Phi) is 2.95. The summed E-state index contributed by atoms with van der Waals surface area (Å²) >= 11 is 0. The lowest BCUT2D eigenvalue weighted by atomic mass is 9.64. The van der Waals surface area contributed by atoms with Gasteiger partial charge in [0.25, 0.3) is 0 Å². The molecule has 2 aromatic carbocycles. The minimum Gasteiger partial charge on any atom is -0.399 e. The maximum atomic E-state index is 6.30. The Balaban J connectivity index is 1.68. The van der Waals surface area contributed by atoms with E-state index >= 15 is 0 Å². The molecule has 30 heavy (non-hydrogen) atoms. The Morgan fingerprint density at radius 2 is 1.07 bits per heavy atom. The van der Waals surface area contributed by atoms with Crippen molar-refractivity contribution < 1.29 is 9.13 Å². The van der Waals surface area contributed by atoms with Crippen molar-refractivity contribution in [3.63, 3.8) is 0 Å². The van der Waals surface area contributed by atoms with Crippen molar-refractivity contribution in [2.45, 2.75) is 23.9 Å². The highest BCUT2D eigenvalue weighted by atomic mass is 15.1. The van der Waals surface area contributed by atoms with Gasteiger partial charge in [-0.3, -0.25) is 0 Å². The molecule has 0 fully saturated rings. The fourth-order valence-electron chi connectivity index (χ4n) is 6.20. The Bertz CT molecular complexity index is 1250. The molecule has 0 radical (unpaired) electrons. The van der Waals surface area contributed by atoms with Gasteiger partial charge in [0.2, 0.25) is 12.1 Å². The zero-order chi connectivity index (χ0) is 20.0. The summed E-state index contributed by atoms with van der Waals surface area (Å²) in [5.74, 6) is 0.395. The van der Waals surface area contributed by atoms with E-state index in [1.165, 1.54) is 33.6 Å². The average Bonchev–Trinajstić information content (AvgIpc) is 2.75. The van der Waals surface area contributed by atoms with Crippen molar-refractivity contribution in [3.05, 3.63) is 119 Å². The van der Waals surface area contributed by atoms with Gasteiger partial charge < -0.3 is 11.5 Å². The molecule has 4 atom stereocenters. The molecule has 6 aliphatic rings. The average molecular weight is 390 g/mol. The molecule has 0 spiro atoms. The van der Waals surface area contributed by atoms with Gasteiger partial charge in [-0.25, -0.2) is 0 Å². The molecule has 10 rings (SSSR count). The quantitative estimate of drug-likeness (QED) is 0.358. The van der Waals surface area contributed by atoms with E-state index in [9.17, 15) is 0 Å². The van der Waals surface area contributed by atoms with Crippen LogP contribution in [0.1, 0.15) is 57.6 Å². The van der Waals surface area contributed by atoms with Crippen LogP contribution < -0.4 is 20.6 Å². The summed E-state index contributed by atoms with van der Waals surface area (Å²) in [4.78, 5) is 0. The van der Waals surface area contributed by atoms with E-state index < -0.39 is 0 Å². The smallest absolute Gasteiger partial charge is 0.249 e. The second-order valence-electron chi connectivity index (χ2n) is 8.69. The van der Waals surface area contributed by atoms with Gasteiger partial charge in [-0.1, -0.05) is 18.2 Å². The van der Waals surface area contributed by atoms with E-state index in [4.69, 9.17) is 11.5 Å². The number of pyridine rings is 2. The Morgan fingerprint density at radius 3 is 1.73 bits per heavy atom. The number of nitrogen functional groups attached to an aromatic ring is 2. The SMILES string of the molecule is Nc1ccc2c(c1)[C@H]1c3cccc[n+]3[C@@H]2[C@@H]2c3cc(N)ccc3[C@H]1c1cccc[n+]12. The molecule has 144 valence electrons. The molecule has 0 unspecified atom stereocenters. The molecule has 4 bridgehead atoms. The minimum absolute atomic E-state index is 0.130. The van der Waals surface area contributed by atoms with Crippen molar-refractivity contribution >= 4 is 11.4 Å². The topological polar surface area (TPSA) is 59.8 Å². The summed E-state index contributed by atoms with van der Waals surface area (Å²) in [6.07, 6.45) is 4.47. The molecule has 4 aromatic rings. The van der Waals surface area contributed by atoms with Crippen molar-refractivity contribution in [2.24, 2.45) is 0 Å². The molecule has 7 heterocycles. The molecule has 0 saturated carbocycles. The number of rotatable bonds is 0. The lowest BCUT2D eigenvalue weighted by Gasteiger charge is -2.42. The largest absolute Gasteiger partial charge is 0.399 e. The highest BCUT2D eigenvalue weighted by molar-refractivity contribution is 5.58. The van der Waals surface area contributed by atoms with Crippen molar-refractivity contribution in [1.82, 2.24) is 0 Å². The lowest BCUT2D eigenvalue weighted by molar-refractivity contribution is -0.817. The first kappa shape index (κ1) is 16.2. The molecule has 4 nitrogen and oxygen atoms in total. The Hall–Kier alpha value is -3.66. The highest BCUT2D eigenvalue weighted by Crippen LogP contribution is 2.55. The summed E-state index contributed by atoms with van der Waals surface area (Å²) in [7, 11) is 0. The highest BCUT2D eigenvalue weighted by Gasteiger charge is 2.58. The first-order valence-corrected chi connectivity index (χ1v) is 10.5. The minimum atomic E-state index is 0.130. The van der Waals surface area contributed by atoms with Crippen LogP contribution in [0.3, 0.4) is 0 Å². The fourth-order valence-corrected chi connectivity index (χ4v) is 6.20. The zero-order valence-electron chi connectivity index (χ0n) is 16.4. The third kappa shape index (κ3) is 1.86. The van der Waals surface area contributed by atoms with Crippen LogP contribution in [0.4, 0.5) is 11.4 Å². The van der Waals surface area contributed by atoms with E-state index in [0.29, 0.717) is 0 Å². The van der Waals surface area contributed by atoms with Gasteiger partial charge in [-0.05, 0) is 41.5 Å². The second kappa shape index (κ2) is 5.48. The van der Waals surface area contributed by atoms with Gasteiger partial charge in [0.1, 0.15) is 0 Å². The number of anilines is 2. The van der Waals surface area contributed by atoms with E-state index in [-0.39, 0.29) is 23.9 Å². The van der Waals surface area contributed by atoms with Crippen molar-refractivity contribution in [1.29, 1.82) is 0 Å². The zero-order valence-corrected chi connectivity index (χ0v) is 16.4. The molecular formula is C26H22N4+2. The third-order valence-electron chi connectivity index (χ3n) is 7.24. The van der Waals surface area contributed by atoms with Crippen LogP contribution in [0.5, 0.6) is 0 Å². The maximum absolute atomic E-state index is 6.30. The van der Waals surface area contributed by atoms with Gasteiger partial charge in [0.15, 0.2) is 23.8 Å². The monoisotopic (exact) mass is 390 g/mol. The summed E-state index contributed by atoms with van der Waals surface area (Å²) in [5, 5.41) is 0. The van der Waals surface area contributed by atoms with E-state index in [0.717, 1.165) is 11.4 Å². The number of benzene rings is 2.